The minimum atomic E-state index is 0.646. The lowest BCUT2D eigenvalue weighted by Gasteiger charge is -2.29. The molecule has 3 heterocycles. The Bertz CT molecular complexity index is 753. The molecule has 0 aliphatic carbocycles. The van der Waals surface area contributed by atoms with E-state index in [9.17, 15) is 0 Å². The first-order valence-electron chi connectivity index (χ1n) is 7.63. The summed E-state index contributed by atoms with van der Waals surface area (Å²) in [6.45, 7) is 3.08. The summed E-state index contributed by atoms with van der Waals surface area (Å²) in [7, 11) is 0. The molecule has 0 amide bonds. The number of aromatic nitrogens is 4. The van der Waals surface area contributed by atoms with Gasteiger partial charge in [-0.05, 0) is 18.4 Å². The van der Waals surface area contributed by atoms with Crippen LogP contribution in [0.2, 0.25) is 0 Å². The highest BCUT2D eigenvalue weighted by Crippen LogP contribution is 2.21. The molecule has 0 N–H and O–H groups in total. The van der Waals surface area contributed by atoms with Crippen LogP contribution in [0.1, 0.15) is 12.0 Å². The fraction of sp³-hybridized carbons (Fsp3) is 0.312. The van der Waals surface area contributed by atoms with Gasteiger partial charge in [0, 0.05) is 31.9 Å². The monoisotopic (exact) mass is 294 g/mol. The van der Waals surface area contributed by atoms with Gasteiger partial charge < -0.3 is 0 Å². The summed E-state index contributed by atoms with van der Waals surface area (Å²) in [6, 6.07) is 12.6. The van der Waals surface area contributed by atoms with Gasteiger partial charge in [0.2, 0.25) is 0 Å². The van der Waals surface area contributed by atoms with E-state index in [2.05, 4.69) is 55.4 Å². The summed E-state index contributed by atoms with van der Waals surface area (Å²) in [6.07, 6.45) is 5.56. The number of benzene rings is 1. The molecular weight excluding hydrogens is 276 g/mol. The first-order valence-corrected chi connectivity index (χ1v) is 7.63. The second kappa shape index (κ2) is 5.73. The molecule has 1 aromatic carbocycles. The standard InChI is InChI=1S/C16H18N6/c1-2-5-14(6-3-1)8-12-20-10-4-11-21(20)15-7-9-17-16-18-13-19-22(15)16/h1-3,5-7,9,13H,4,8,10-12H2. The van der Waals surface area contributed by atoms with E-state index in [-0.39, 0.29) is 0 Å². The lowest BCUT2D eigenvalue weighted by molar-refractivity contribution is 0.311. The number of hydrogen-bond donors (Lipinski definition) is 0. The first kappa shape index (κ1) is 13.2. The van der Waals surface area contributed by atoms with Gasteiger partial charge in [0.15, 0.2) is 0 Å². The molecular formula is C16H18N6. The first-order chi connectivity index (χ1) is 10.9. The maximum Gasteiger partial charge on any atom is 0.254 e. The van der Waals surface area contributed by atoms with Crippen LogP contribution in [0.4, 0.5) is 5.82 Å². The van der Waals surface area contributed by atoms with Gasteiger partial charge in [0.25, 0.3) is 5.78 Å². The third-order valence-corrected chi connectivity index (χ3v) is 4.05. The summed E-state index contributed by atoms with van der Waals surface area (Å²) in [4.78, 5) is 8.40. The van der Waals surface area contributed by atoms with E-state index in [4.69, 9.17) is 0 Å². The molecule has 1 saturated heterocycles. The van der Waals surface area contributed by atoms with E-state index in [0.717, 1.165) is 38.3 Å². The minimum Gasteiger partial charge on any atom is -0.289 e. The Hall–Kier alpha value is -2.47. The number of nitrogens with zero attached hydrogens (tertiary/aromatic N) is 6. The van der Waals surface area contributed by atoms with Gasteiger partial charge in [0.05, 0.1) is 0 Å². The quantitative estimate of drug-likeness (QED) is 0.734. The molecule has 6 heteroatoms. The molecule has 4 rings (SSSR count). The van der Waals surface area contributed by atoms with E-state index >= 15 is 0 Å². The van der Waals surface area contributed by atoms with Gasteiger partial charge in [-0.15, -0.1) is 0 Å². The van der Waals surface area contributed by atoms with Crippen LogP contribution in [0.3, 0.4) is 0 Å². The molecule has 6 nitrogen and oxygen atoms in total. The zero-order chi connectivity index (χ0) is 14.8. The van der Waals surface area contributed by atoms with Crippen LogP contribution < -0.4 is 5.01 Å². The zero-order valence-corrected chi connectivity index (χ0v) is 12.3. The van der Waals surface area contributed by atoms with E-state index in [1.807, 2.05) is 6.07 Å². The van der Waals surface area contributed by atoms with Gasteiger partial charge in [-0.25, -0.2) is 9.99 Å². The van der Waals surface area contributed by atoms with Crippen LogP contribution in [-0.4, -0.2) is 44.2 Å². The fourth-order valence-corrected chi connectivity index (χ4v) is 2.98. The predicted octanol–water partition coefficient (Wildman–Crippen LogP) is 1.79. The van der Waals surface area contributed by atoms with Crippen molar-refractivity contribution in [2.75, 3.05) is 24.6 Å². The normalized spacial score (nSPS) is 15.7. The van der Waals surface area contributed by atoms with Crippen molar-refractivity contribution < 1.29 is 0 Å². The number of hydrogen-bond acceptors (Lipinski definition) is 5. The lowest BCUT2D eigenvalue weighted by Crippen LogP contribution is -2.39. The Kier molecular flexibility index (Phi) is 3.44. The van der Waals surface area contributed by atoms with E-state index in [0.29, 0.717) is 5.78 Å². The van der Waals surface area contributed by atoms with Gasteiger partial charge in [0.1, 0.15) is 12.1 Å². The van der Waals surface area contributed by atoms with E-state index < -0.39 is 0 Å². The number of fused-ring (bicyclic) bond motifs is 1. The molecule has 1 aliphatic heterocycles. The third kappa shape index (κ3) is 2.42. The maximum atomic E-state index is 4.29. The van der Waals surface area contributed by atoms with Crippen molar-refractivity contribution in [3.8, 4) is 0 Å². The van der Waals surface area contributed by atoms with Crippen LogP contribution in [0, 0.1) is 0 Å². The molecule has 1 fully saturated rings. The Morgan fingerprint density at radius 1 is 1.00 bits per heavy atom. The van der Waals surface area contributed by atoms with Gasteiger partial charge in [-0.3, -0.25) is 5.01 Å². The third-order valence-electron chi connectivity index (χ3n) is 4.05. The molecule has 0 spiro atoms. The number of rotatable bonds is 4. The summed E-state index contributed by atoms with van der Waals surface area (Å²) >= 11 is 0. The highest BCUT2D eigenvalue weighted by atomic mass is 15.7. The molecule has 112 valence electrons. The fourth-order valence-electron chi connectivity index (χ4n) is 2.98. The molecule has 1 aliphatic rings. The van der Waals surface area contributed by atoms with Crippen LogP contribution in [0.15, 0.2) is 48.9 Å². The Balaban J connectivity index is 1.55. The molecule has 0 unspecified atom stereocenters. The van der Waals surface area contributed by atoms with Crippen molar-refractivity contribution in [3.63, 3.8) is 0 Å². The minimum absolute atomic E-state index is 0.646. The Morgan fingerprint density at radius 3 is 2.82 bits per heavy atom. The number of anilines is 1. The second-order valence-corrected chi connectivity index (χ2v) is 5.44. The molecule has 0 bridgehead atoms. The zero-order valence-electron chi connectivity index (χ0n) is 12.3. The van der Waals surface area contributed by atoms with Crippen LogP contribution in [-0.2, 0) is 6.42 Å². The van der Waals surface area contributed by atoms with Gasteiger partial charge in [-0.2, -0.15) is 14.6 Å². The van der Waals surface area contributed by atoms with E-state index in [1.165, 1.54) is 5.56 Å². The smallest absolute Gasteiger partial charge is 0.254 e. The van der Waals surface area contributed by atoms with E-state index in [1.54, 1.807) is 17.0 Å². The van der Waals surface area contributed by atoms with Gasteiger partial charge in [-0.1, -0.05) is 30.3 Å². The highest BCUT2D eigenvalue weighted by Gasteiger charge is 2.24. The van der Waals surface area contributed by atoms with Crippen LogP contribution in [0.5, 0.6) is 0 Å². The number of hydrazine groups is 1. The molecule has 0 saturated carbocycles. The molecule has 3 aromatic rings. The van der Waals surface area contributed by atoms with Crippen LogP contribution in [0.25, 0.3) is 5.78 Å². The molecule has 22 heavy (non-hydrogen) atoms. The SMILES string of the molecule is c1ccc(CCN2CCCN2c2ccnc3ncnn23)cc1. The highest BCUT2D eigenvalue weighted by molar-refractivity contribution is 5.44. The summed E-state index contributed by atoms with van der Waals surface area (Å²) in [5.74, 6) is 1.68. The predicted molar refractivity (Wildman–Crippen MR) is 84.5 cm³/mol. The summed E-state index contributed by atoms with van der Waals surface area (Å²) in [5, 5.41) is 8.98. The molecule has 0 radical (unpaired) electrons. The van der Waals surface area contributed by atoms with Gasteiger partial charge >= 0.3 is 0 Å². The van der Waals surface area contributed by atoms with Crippen molar-refractivity contribution in [3.05, 3.63) is 54.5 Å². The lowest BCUT2D eigenvalue weighted by atomic mass is 10.1. The largest absolute Gasteiger partial charge is 0.289 e. The maximum absolute atomic E-state index is 4.29. The van der Waals surface area contributed by atoms with Crippen molar-refractivity contribution in [2.24, 2.45) is 0 Å². The summed E-state index contributed by atoms with van der Waals surface area (Å²) < 4.78 is 1.81. The average molecular weight is 294 g/mol. The van der Waals surface area contributed by atoms with Crippen molar-refractivity contribution in [2.45, 2.75) is 12.8 Å². The molecule has 0 atom stereocenters. The van der Waals surface area contributed by atoms with Crippen molar-refractivity contribution in [1.82, 2.24) is 24.6 Å². The molecule has 2 aromatic heterocycles. The van der Waals surface area contributed by atoms with Crippen molar-refractivity contribution in [1.29, 1.82) is 0 Å². The van der Waals surface area contributed by atoms with Crippen LogP contribution >= 0.6 is 0 Å². The average Bonchev–Trinajstić information content (AvgIpc) is 3.22. The summed E-state index contributed by atoms with van der Waals surface area (Å²) in [5.41, 5.74) is 1.37. The Morgan fingerprint density at radius 2 is 1.91 bits per heavy atom. The second-order valence-electron chi connectivity index (χ2n) is 5.44. The topological polar surface area (TPSA) is 49.6 Å². The Labute approximate surface area is 129 Å². The van der Waals surface area contributed by atoms with Crippen molar-refractivity contribution >= 4 is 11.6 Å².